The number of phosphoric acid groups is 1. The molecule has 8 nitrogen and oxygen atoms in total. The third kappa shape index (κ3) is 38.1. The zero-order valence-corrected chi connectivity index (χ0v) is 33.5. The quantitative estimate of drug-likeness (QED) is 0.0208. The van der Waals surface area contributed by atoms with Crippen molar-refractivity contribution in [1.82, 2.24) is 0 Å². The van der Waals surface area contributed by atoms with E-state index in [1.165, 1.54) is 109 Å². The summed E-state index contributed by atoms with van der Waals surface area (Å²) in [6, 6.07) is 0. The first kappa shape index (κ1) is 48.0. The maximum absolute atomic E-state index is 12.5. The van der Waals surface area contributed by atoms with Crippen molar-refractivity contribution >= 4 is 13.8 Å². The van der Waals surface area contributed by atoms with Gasteiger partial charge in [-0.3, -0.25) is 9.36 Å². The van der Waals surface area contributed by atoms with Crippen LogP contribution in [0, 0.1) is 0 Å². The molecule has 0 N–H and O–H groups in total. The summed E-state index contributed by atoms with van der Waals surface area (Å²) in [7, 11) is 1.35. The molecule has 0 heterocycles. The molecule has 0 spiro atoms. The topological polar surface area (TPSA) is 94.1 Å². The Morgan fingerprint density at radius 2 is 1.12 bits per heavy atom. The van der Waals surface area contributed by atoms with Crippen molar-refractivity contribution in [3.63, 3.8) is 0 Å². The second-order valence-corrected chi connectivity index (χ2v) is 16.1. The van der Waals surface area contributed by atoms with Gasteiger partial charge < -0.3 is 27.9 Å². The van der Waals surface area contributed by atoms with Crippen molar-refractivity contribution in [3.05, 3.63) is 24.3 Å². The van der Waals surface area contributed by atoms with Gasteiger partial charge in [0.2, 0.25) is 0 Å². The Hall–Kier alpha value is -1.02. The number of likely N-dealkylation sites (N-methyl/N-ethyl adjacent to an activating group) is 1. The predicted molar refractivity (Wildman–Crippen MR) is 204 cm³/mol. The Balaban J connectivity index is 4.16. The molecule has 9 heteroatoms. The first-order chi connectivity index (χ1) is 23.6. The van der Waals surface area contributed by atoms with Crippen LogP contribution < -0.4 is 4.89 Å². The Morgan fingerprint density at radius 1 is 0.633 bits per heavy atom. The molecule has 0 saturated heterocycles. The van der Waals surface area contributed by atoms with Crippen LogP contribution in [-0.4, -0.2) is 70.7 Å². The molecule has 0 fully saturated rings. The smallest absolute Gasteiger partial charge is 0.306 e. The number of quaternary nitrogens is 1. The number of carbonyl (C=O) groups excluding carboxylic acids is 1. The second-order valence-electron chi connectivity index (χ2n) is 14.6. The summed E-state index contributed by atoms with van der Waals surface area (Å²) in [5.74, 6) is -0.341. The fourth-order valence-electron chi connectivity index (χ4n) is 5.34. The van der Waals surface area contributed by atoms with Crippen molar-refractivity contribution in [3.8, 4) is 0 Å². The molecular weight excluding hydrogens is 637 g/mol. The second kappa shape index (κ2) is 34.1. The highest BCUT2D eigenvalue weighted by Crippen LogP contribution is 2.38. The van der Waals surface area contributed by atoms with Crippen LogP contribution in [0.1, 0.15) is 168 Å². The van der Waals surface area contributed by atoms with E-state index in [-0.39, 0.29) is 25.8 Å². The van der Waals surface area contributed by atoms with Crippen LogP contribution in [0.3, 0.4) is 0 Å². The number of rotatable bonds is 37. The van der Waals surface area contributed by atoms with Crippen LogP contribution in [0.4, 0.5) is 0 Å². The fourth-order valence-corrected chi connectivity index (χ4v) is 6.07. The normalized spacial score (nSPS) is 14.2. The van der Waals surface area contributed by atoms with Gasteiger partial charge in [0.1, 0.15) is 19.3 Å². The standard InChI is InChI=1S/C40H78NO7P/c1-6-8-10-12-14-16-17-18-19-20-21-22-23-24-25-26-28-30-32-35-45-37-39(38-47-49(43,44)46-36-34-41(3,4)5)48-40(42)33-31-29-27-15-13-11-9-7-2/h16-17,19-20,39H,6-15,18,21-38H2,1-5H3/b17-16-,20-19-. The highest BCUT2D eigenvalue weighted by atomic mass is 31.2. The number of hydrogen-bond donors (Lipinski definition) is 0. The number of phosphoric ester groups is 1. The van der Waals surface area contributed by atoms with E-state index in [2.05, 4.69) is 38.2 Å². The average Bonchev–Trinajstić information content (AvgIpc) is 3.04. The molecule has 290 valence electrons. The molecule has 2 atom stereocenters. The van der Waals surface area contributed by atoms with Crippen LogP contribution in [0.15, 0.2) is 24.3 Å². The molecule has 0 rings (SSSR count). The lowest BCUT2D eigenvalue weighted by Crippen LogP contribution is -2.37. The summed E-state index contributed by atoms with van der Waals surface area (Å²) in [5, 5.41) is 0. The minimum Gasteiger partial charge on any atom is -0.756 e. The summed E-state index contributed by atoms with van der Waals surface area (Å²) < 4.78 is 34.4. The Morgan fingerprint density at radius 3 is 1.67 bits per heavy atom. The molecule has 2 unspecified atom stereocenters. The number of nitrogens with zero attached hydrogens (tertiary/aromatic N) is 1. The van der Waals surface area contributed by atoms with E-state index in [9.17, 15) is 14.3 Å². The first-order valence-corrected chi connectivity index (χ1v) is 21.5. The number of ether oxygens (including phenoxy) is 2. The molecule has 0 aromatic rings. The highest BCUT2D eigenvalue weighted by molar-refractivity contribution is 7.45. The number of unbranched alkanes of at least 4 members (excludes halogenated alkanes) is 19. The van der Waals surface area contributed by atoms with Gasteiger partial charge in [0.05, 0.1) is 34.4 Å². The van der Waals surface area contributed by atoms with Gasteiger partial charge in [-0.05, 0) is 44.9 Å². The number of carbonyl (C=O) groups is 1. The zero-order chi connectivity index (χ0) is 36.3. The SMILES string of the molecule is CCCCCC/C=C\C/C=C\CCCCCCCCCCOCC(COP(=O)([O-])OCC[N+](C)(C)C)OC(=O)CCCCCCCCCC. The molecule has 0 aromatic carbocycles. The summed E-state index contributed by atoms with van der Waals surface area (Å²) in [6.07, 6.45) is 36.2. The fraction of sp³-hybridized carbons (Fsp3) is 0.875. The van der Waals surface area contributed by atoms with E-state index < -0.39 is 13.9 Å². The maximum atomic E-state index is 12.5. The van der Waals surface area contributed by atoms with E-state index in [0.29, 0.717) is 24.1 Å². The maximum Gasteiger partial charge on any atom is 0.306 e. The van der Waals surface area contributed by atoms with Gasteiger partial charge in [0.25, 0.3) is 7.82 Å². The molecule has 0 amide bonds. The Kier molecular flexibility index (Phi) is 33.4. The van der Waals surface area contributed by atoms with E-state index >= 15 is 0 Å². The summed E-state index contributed by atoms with van der Waals surface area (Å²) in [4.78, 5) is 24.8. The van der Waals surface area contributed by atoms with Gasteiger partial charge in [0.15, 0.2) is 0 Å². The average molecular weight is 716 g/mol. The van der Waals surface area contributed by atoms with E-state index in [0.717, 1.165) is 38.5 Å². The summed E-state index contributed by atoms with van der Waals surface area (Å²) in [6.45, 7) is 5.35. The van der Waals surface area contributed by atoms with Gasteiger partial charge in [0, 0.05) is 13.0 Å². The number of allylic oxidation sites excluding steroid dienone is 4. The third-order valence-corrected chi connectivity index (χ3v) is 9.47. The lowest BCUT2D eigenvalue weighted by molar-refractivity contribution is -0.870. The van der Waals surface area contributed by atoms with Gasteiger partial charge in [-0.2, -0.15) is 0 Å². The van der Waals surface area contributed by atoms with Crippen molar-refractivity contribution in [2.45, 2.75) is 174 Å². The van der Waals surface area contributed by atoms with Gasteiger partial charge in [-0.1, -0.05) is 141 Å². The van der Waals surface area contributed by atoms with Crippen molar-refractivity contribution in [2.24, 2.45) is 0 Å². The summed E-state index contributed by atoms with van der Waals surface area (Å²) >= 11 is 0. The monoisotopic (exact) mass is 716 g/mol. The largest absolute Gasteiger partial charge is 0.756 e. The van der Waals surface area contributed by atoms with Crippen LogP contribution in [0.5, 0.6) is 0 Å². The van der Waals surface area contributed by atoms with E-state index in [4.69, 9.17) is 18.5 Å². The minimum absolute atomic E-state index is 0.0262. The molecule has 0 saturated carbocycles. The van der Waals surface area contributed by atoms with E-state index in [1.54, 1.807) is 0 Å². The lowest BCUT2D eigenvalue weighted by atomic mass is 10.1. The van der Waals surface area contributed by atoms with Gasteiger partial charge >= 0.3 is 5.97 Å². The van der Waals surface area contributed by atoms with Crippen LogP contribution in [0.25, 0.3) is 0 Å². The molecule has 0 bridgehead atoms. The van der Waals surface area contributed by atoms with Crippen LogP contribution in [0.2, 0.25) is 0 Å². The Bertz CT molecular complexity index is 843. The van der Waals surface area contributed by atoms with Gasteiger partial charge in [-0.25, -0.2) is 0 Å². The van der Waals surface area contributed by atoms with Crippen LogP contribution >= 0.6 is 7.82 Å². The third-order valence-electron chi connectivity index (χ3n) is 8.51. The molecule has 0 aliphatic heterocycles. The number of hydrogen-bond acceptors (Lipinski definition) is 7. The summed E-state index contributed by atoms with van der Waals surface area (Å²) in [5.41, 5.74) is 0. The van der Waals surface area contributed by atoms with Crippen molar-refractivity contribution in [1.29, 1.82) is 0 Å². The molecule has 0 radical (unpaired) electrons. The molecular formula is C40H78NO7P. The van der Waals surface area contributed by atoms with Crippen LogP contribution in [-0.2, 0) is 27.9 Å². The lowest BCUT2D eigenvalue weighted by Gasteiger charge is -2.28. The van der Waals surface area contributed by atoms with E-state index in [1.807, 2.05) is 21.1 Å². The molecule has 49 heavy (non-hydrogen) atoms. The zero-order valence-electron chi connectivity index (χ0n) is 32.6. The molecule has 0 aliphatic rings. The van der Waals surface area contributed by atoms with Gasteiger partial charge in [-0.15, -0.1) is 0 Å². The number of esters is 1. The first-order valence-electron chi connectivity index (χ1n) is 20.1. The predicted octanol–water partition coefficient (Wildman–Crippen LogP) is 10.6. The Labute approximate surface area is 303 Å². The van der Waals surface area contributed by atoms with Crippen molar-refractivity contribution in [2.75, 3.05) is 54.1 Å². The minimum atomic E-state index is -4.51. The molecule has 0 aliphatic carbocycles. The highest BCUT2D eigenvalue weighted by Gasteiger charge is 2.20. The molecule has 0 aromatic heterocycles. The van der Waals surface area contributed by atoms with Crippen molar-refractivity contribution < 1.29 is 37.3 Å².